The summed E-state index contributed by atoms with van der Waals surface area (Å²) < 4.78 is 0. The third kappa shape index (κ3) is 4.30. The van der Waals surface area contributed by atoms with Crippen molar-refractivity contribution < 1.29 is 5.11 Å². The van der Waals surface area contributed by atoms with E-state index in [4.69, 9.17) is 0 Å². The van der Waals surface area contributed by atoms with E-state index < -0.39 is 5.60 Å². The number of aliphatic hydroxyl groups is 1. The van der Waals surface area contributed by atoms with Crippen molar-refractivity contribution in [2.45, 2.75) is 64.0 Å². The molecule has 2 nitrogen and oxygen atoms in total. The van der Waals surface area contributed by atoms with E-state index in [1.165, 1.54) is 30.6 Å². The third-order valence-electron chi connectivity index (χ3n) is 4.21. The maximum atomic E-state index is 10.3. The average Bonchev–Trinajstić information content (AvgIpc) is 3.01. The van der Waals surface area contributed by atoms with Crippen LogP contribution in [0.3, 0.4) is 0 Å². The molecule has 1 aromatic heterocycles. The molecular formula is C16H27NOS. The van der Waals surface area contributed by atoms with Gasteiger partial charge in [0.2, 0.25) is 0 Å². The summed E-state index contributed by atoms with van der Waals surface area (Å²) in [5.74, 6) is 0.746. The summed E-state index contributed by atoms with van der Waals surface area (Å²) in [5, 5.41) is 16.2. The van der Waals surface area contributed by atoms with Crippen LogP contribution in [0.15, 0.2) is 17.5 Å². The van der Waals surface area contributed by atoms with Gasteiger partial charge in [0.1, 0.15) is 0 Å². The first-order valence-corrected chi connectivity index (χ1v) is 8.49. The van der Waals surface area contributed by atoms with Crippen LogP contribution in [0, 0.1) is 5.92 Å². The largest absolute Gasteiger partial charge is 0.389 e. The topological polar surface area (TPSA) is 32.3 Å². The van der Waals surface area contributed by atoms with E-state index in [1.54, 1.807) is 0 Å². The second-order valence-electron chi connectivity index (χ2n) is 6.17. The van der Waals surface area contributed by atoms with Crippen LogP contribution >= 0.6 is 11.3 Å². The molecule has 0 bridgehead atoms. The highest BCUT2D eigenvalue weighted by Gasteiger charge is 2.29. The second-order valence-corrected chi connectivity index (χ2v) is 7.14. The summed E-state index contributed by atoms with van der Waals surface area (Å²) in [6.45, 7) is 4.77. The summed E-state index contributed by atoms with van der Waals surface area (Å²) >= 11 is 1.84. The zero-order chi connectivity index (χ0) is 13.7. The van der Waals surface area contributed by atoms with E-state index in [2.05, 4.69) is 29.8 Å². The van der Waals surface area contributed by atoms with Gasteiger partial charge >= 0.3 is 0 Å². The number of nitrogens with one attached hydrogen (secondary N) is 1. The molecule has 1 fully saturated rings. The van der Waals surface area contributed by atoms with Crippen molar-refractivity contribution in [2.75, 3.05) is 6.54 Å². The van der Waals surface area contributed by atoms with Crippen LogP contribution in [0.5, 0.6) is 0 Å². The van der Waals surface area contributed by atoms with Crippen LogP contribution in [0.25, 0.3) is 0 Å². The maximum Gasteiger partial charge on any atom is 0.0743 e. The standard InChI is InChI=1S/C16H27NOS/c1-3-10-16(2,18)12-17-15(13-7-4-5-8-13)14-9-6-11-19-14/h6,9,11,13,15,17-18H,3-5,7-8,10,12H2,1-2H3. The Morgan fingerprint density at radius 1 is 1.47 bits per heavy atom. The predicted molar refractivity (Wildman–Crippen MR) is 82.6 cm³/mol. The van der Waals surface area contributed by atoms with Crippen molar-refractivity contribution >= 4 is 11.3 Å². The highest BCUT2D eigenvalue weighted by Crippen LogP contribution is 2.37. The van der Waals surface area contributed by atoms with Crippen molar-refractivity contribution in [1.29, 1.82) is 0 Å². The van der Waals surface area contributed by atoms with E-state index in [1.807, 2.05) is 18.3 Å². The molecule has 0 radical (unpaired) electrons. The Kier molecular flexibility index (Phi) is 5.43. The lowest BCUT2D eigenvalue weighted by atomic mass is 9.94. The fraction of sp³-hybridized carbons (Fsp3) is 0.750. The Bertz CT molecular complexity index is 355. The fourth-order valence-electron chi connectivity index (χ4n) is 3.22. The molecule has 0 spiro atoms. The van der Waals surface area contributed by atoms with Crippen LogP contribution in [0.4, 0.5) is 0 Å². The van der Waals surface area contributed by atoms with E-state index in [9.17, 15) is 5.11 Å². The van der Waals surface area contributed by atoms with Gasteiger partial charge in [-0.2, -0.15) is 0 Å². The van der Waals surface area contributed by atoms with E-state index in [0.29, 0.717) is 12.6 Å². The smallest absolute Gasteiger partial charge is 0.0743 e. The van der Waals surface area contributed by atoms with Gasteiger partial charge in [0, 0.05) is 17.5 Å². The Labute approximate surface area is 121 Å². The Hall–Kier alpha value is -0.380. The van der Waals surface area contributed by atoms with Crippen molar-refractivity contribution in [1.82, 2.24) is 5.32 Å². The van der Waals surface area contributed by atoms with Gasteiger partial charge in [-0.05, 0) is 43.6 Å². The molecule has 2 rings (SSSR count). The van der Waals surface area contributed by atoms with Crippen LogP contribution in [0.1, 0.15) is 63.3 Å². The van der Waals surface area contributed by atoms with Crippen molar-refractivity contribution in [2.24, 2.45) is 5.92 Å². The molecule has 3 heteroatoms. The minimum atomic E-state index is -0.580. The molecule has 0 amide bonds. The summed E-state index contributed by atoms with van der Waals surface area (Å²) in [5.41, 5.74) is -0.580. The van der Waals surface area contributed by atoms with Crippen LogP contribution < -0.4 is 5.32 Å². The molecule has 2 unspecified atom stereocenters. The molecular weight excluding hydrogens is 254 g/mol. The zero-order valence-corrected chi connectivity index (χ0v) is 13.0. The highest BCUT2D eigenvalue weighted by atomic mass is 32.1. The van der Waals surface area contributed by atoms with E-state index >= 15 is 0 Å². The first-order valence-electron chi connectivity index (χ1n) is 7.61. The minimum Gasteiger partial charge on any atom is -0.389 e. The lowest BCUT2D eigenvalue weighted by Crippen LogP contribution is -2.40. The lowest BCUT2D eigenvalue weighted by Gasteiger charge is -2.29. The third-order valence-corrected chi connectivity index (χ3v) is 5.17. The summed E-state index contributed by atoms with van der Waals surface area (Å²) in [4.78, 5) is 1.43. The molecule has 1 saturated carbocycles. The number of hydrogen-bond acceptors (Lipinski definition) is 3. The van der Waals surface area contributed by atoms with Crippen molar-refractivity contribution in [3.8, 4) is 0 Å². The Morgan fingerprint density at radius 3 is 2.79 bits per heavy atom. The number of hydrogen-bond donors (Lipinski definition) is 2. The quantitative estimate of drug-likeness (QED) is 0.788. The SMILES string of the molecule is CCCC(C)(O)CNC(c1cccs1)C1CCCC1. The number of rotatable bonds is 7. The van der Waals surface area contributed by atoms with Gasteiger partial charge in [0.05, 0.1) is 5.60 Å². The van der Waals surface area contributed by atoms with Gasteiger partial charge in [0.25, 0.3) is 0 Å². The maximum absolute atomic E-state index is 10.3. The van der Waals surface area contributed by atoms with Crippen molar-refractivity contribution in [3.05, 3.63) is 22.4 Å². The molecule has 0 aromatic carbocycles. The molecule has 1 aliphatic carbocycles. The molecule has 0 aliphatic heterocycles. The lowest BCUT2D eigenvalue weighted by molar-refractivity contribution is 0.0449. The Balaban J connectivity index is 1.98. The van der Waals surface area contributed by atoms with Gasteiger partial charge in [-0.15, -0.1) is 11.3 Å². The Morgan fingerprint density at radius 2 is 2.21 bits per heavy atom. The molecule has 2 atom stereocenters. The zero-order valence-electron chi connectivity index (χ0n) is 12.2. The van der Waals surface area contributed by atoms with Crippen LogP contribution in [-0.2, 0) is 0 Å². The molecule has 1 aromatic rings. The van der Waals surface area contributed by atoms with E-state index in [0.717, 1.165) is 18.8 Å². The monoisotopic (exact) mass is 281 g/mol. The van der Waals surface area contributed by atoms with Gasteiger partial charge in [-0.3, -0.25) is 0 Å². The van der Waals surface area contributed by atoms with Gasteiger partial charge < -0.3 is 10.4 Å². The predicted octanol–water partition coefficient (Wildman–Crippen LogP) is 4.12. The highest BCUT2D eigenvalue weighted by molar-refractivity contribution is 7.10. The molecule has 1 heterocycles. The summed E-state index contributed by atoms with van der Waals surface area (Å²) in [6, 6.07) is 4.80. The van der Waals surface area contributed by atoms with Crippen LogP contribution in [-0.4, -0.2) is 17.3 Å². The second kappa shape index (κ2) is 6.87. The molecule has 1 aliphatic rings. The average molecular weight is 281 g/mol. The first-order chi connectivity index (χ1) is 9.12. The number of thiophene rings is 1. The van der Waals surface area contributed by atoms with Gasteiger partial charge in [-0.1, -0.05) is 32.3 Å². The molecule has 2 N–H and O–H groups in total. The van der Waals surface area contributed by atoms with Crippen molar-refractivity contribution in [3.63, 3.8) is 0 Å². The first kappa shape index (κ1) is 15.0. The minimum absolute atomic E-state index is 0.436. The van der Waals surface area contributed by atoms with Gasteiger partial charge in [-0.25, -0.2) is 0 Å². The summed E-state index contributed by atoms with van der Waals surface area (Å²) in [7, 11) is 0. The van der Waals surface area contributed by atoms with Crippen LogP contribution in [0.2, 0.25) is 0 Å². The molecule has 0 saturated heterocycles. The normalized spacial score (nSPS) is 21.4. The molecule has 108 valence electrons. The molecule has 19 heavy (non-hydrogen) atoms. The van der Waals surface area contributed by atoms with Gasteiger partial charge in [0.15, 0.2) is 0 Å². The fourth-order valence-corrected chi connectivity index (χ4v) is 4.11. The van der Waals surface area contributed by atoms with E-state index in [-0.39, 0.29) is 0 Å². The summed E-state index contributed by atoms with van der Waals surface area (Å²) in [6.07, 6.45) is 7.26.